The molecule has 1 atom stereocenters. The lowest BCUT2D eigenvalue weighted by molar-refractivity contribution is 0.481. The molecule has 6 heteroatoms. The van der Waals surface area contributed by atoms with Crippen LogP contribution in [0.25, 0.3) is 0 Å². The number of rotatable bonds is 4. The van der Waals surface area contributed by atoms with Crippen molar-refractivity contribution in [2.45, 2.75) is 32.9 Å². The molecule has 2 heterocycles. The highest BCUT2D eigenvalue weighted by atomic mass is 35.5. The van der Waals surface area contributed by atoms with Crippen LogP contribution >= 0.6 is 22.9 Å². The first-order valence-corrected chi connectivity index (χ1v) is 7.12. The Bertz CT molecular complexity index is 532. The van der Waals surface area contributed by atoms with Crippen molar-refractivity contribution in [2.75, 3.05) is 7.05 Å². The summed E-state index contributed by atoms with van der Waals surface area (Å²) >= 11 is 7.91. The summed E-state index contributed by atoms with van der Waals surface area (Å²) in [6, 6.07) is 0.246. The molecule has 0 bridgehead atoms. The minimum atomic E-state index is -0.0210. The number of aryl methyl sites for hydroxylation is 1. The van der Waals surface area contributed by atoms with Gasteiger partial charge in [-0.25, -0.2) is 4.98 Å². The Kier molecular flexibility index (Phi) is 4.04. The van der Waals surface area contributed by atoms with Gasteiger partial charge < -0.3 is 5.32 Å². The van der Waals surface area contributed by atoms with Gasteiger partial charge in [0.2, 0.25) is 0 Å². The zero-order chi connectivity index (χ0) is 13.3. The van der Waals surface area contributed by atoms with Crippen LogP contribution in [0.15, 0.2) is 11.6 Å². The van der Waals surface area contributed by atoms with E-state index in [4.69, 9.17) is 11.6 Å². The van der Waals surface area contributed by atoms with Gasteiger partial charge in [0, 0.05) is 11.4 Å². The van der Waals surface area contributed by atoms with Crippen LogP contribution in [0, 0.1) is 6.92 Å². The molecular weight excluding hydrogens is 268 g/mol. The fourth-order valence-electron chi connectivity index (χ4n) is 1.97. The zero-order valence-corrected chi connectivity index (χ0v) is 12.5. The largest absolute Gasteiger partial charge is 0.307 e. The van der Waals surface area contributed by atoms with E-state index in [2.05, 4.69) is 34.6 Å². The number of nitrogens with zero attached hydrogens (tertiary/aromatic N) is 3. The highest BCUT2D eigenvalue weighted by Crippen LogP contribution is 2.30. The van der Waals surface area contributed by atoms with Crippen LogP contribution in [-0.4, -0.2) is 21.8 Å². The number of thiazole rings is 1. The van der Waals surface area contributed by atoms with Gasteiger partial charge >= 0.3 is 0 Å². The van der Waals surface area contributed by atoms with Gasteiger partial charge in [0.25, 0.3) is 0 Å². The predicted molar refractivity (Wildman–Crippen MR) is 75.4 cm³/mol. The monoisotopic (exact) mass is 284 g/mol. The third kappa shape index (κ3) is 2.43. The van der Waals surface area contributed by atoms with E-state index < -0.39 is 0 Å². The Balaban J connectivity index is 2.47. The van der Waals surface area contributed by atoms with E-state index in [1.54, 1.807) is 17.5 Å². The molecular formula is C12H17ClN4S. The molecule has 0 amide bonds. The Morgan fingerprint density at radius 3 is 2.67 bits per heavy atom. The van der Waals surface area contributed by atoms with E-state index in [9.17, 15) is 0 Å². The predicted octanol–water partition coefficient (Wildman–Crippen LogP) is 3.19. The minimum absolute atomic E-state index is 0.0210. The van der Waals surface area contributed by atoms with Gasteiger partial charge in [-0.3, -0.25) is 4.68 Å². The summed E-state index contributed by atoms with van der Waals surface area (Å²) in [5.74, 6) is 0. The first-order chi connectivity index (χ1) is 8.54. The van der Waals surface area contributed by atoms with Crippen molar-refractivity contribution in [3.05, 3.63) is 33.0 Å². The smallest absolute Gasteiger partial charge is 0.0943 e. The molecule has 0 aliphatic rings. The van der Waals surface area contributed by atoms with Gasteiger partial charge in [0.15, 0.2) is 0 Å². The fraction of sp³-hybridized carbons (Fsp3) is 0.500. The van der Waals surface area contributed by atoms with E-state index >= 15 is 0 Å². The topological polar surface area (TPSA) is 42.7 Å². The van der Waals surface area contributed by atoms with Gasteiger partial charge in [0.05, 0.1) is 33.7 Å². The number of hydrogen-bond donors (Lipinski definition) is 1. The lowest BCUT2D eigenvalue weighted by Crippen LogP contribution is -2.23. The minimum Gasteiger partial charge on any atom is -0.307 e. The molecule has 0 saturated heterocycles. The van der Waals surface area contributed by atoms with Crippen molar-refractivity contribution in [2.24, 2.45) is 0 Å². The first-order valence-electron chi connectivity index (χ1n) is 5.86. The lowest BCUT2D eigenvalue weighted by atomic mass is 10.1. The molecule has 98 valence electrons. The molecule has 0 spiro atoms. The molecule has 0 fully saturated rings. The number of halogens is 1. The highest BCUT2D eigenvalue weighted by molar-refractivity contribution is 7.09. The molecule has 1 unspecified atom stereocenters. The second-order valence-electron chi connectivity index (χ2n) is 4.43. The molecule has 0 aromatic carbocycles. The Labute approximate surface area is 116 Å². The van der Waals surface area contributed by atoms with Gasteiger partial charge in [-0.1, -0.05) is 11.6 Å². The molecule has 0 aliphatic heterocycles. The van der Waals surface area contributed by atoms with Crippen molar-refractivity contribution >= 4 is 22.9 Å². The van der Waals surface area contributed by atoms with E-state index in [0.29, 0.717) is 5.02 Å². The molecule has 0 aliphatic carbocycles. The molecule has 2 aromatic heterocycles. The van der Waals surface area contributed by atoms with Crippen LogP contribution in [-0.2, 0) is 0 Å². The van der Waals surface area contributed by atoms with Crippen LogP contribution in [0.2, 0.25) is 5.02 Å². The van der Waals surface area contributed by atoms with E-state index in [-0.39, 0.29) is 12.1 Å². The molecule has 0 saturated carbocycles. The third-order valence-electron chi connectivity index (χ3n) is 2.77. The molecule has 2 aromatic rings. The SMILES string of the molecule is CNC(c1csc(C)n1)c1c(Cl)cnn1C(C)C. The molecule has 1 N–H and O–H groups in total. The standard InChI is InChI=1S/C12H17ClN4S/c1-7(2)17-12(9(13)5-15-17)11(14-4)10-6-18-8(3)16-10/h5-7,11,14H,1-4H3. The van der Waals surface area contributed by atoms with Crippen molar-refractivity contribution in [3.63, 3.8) is 0 Å². The average Bonchev–Trinajstić information content (AvgIpc) is 2.88. The van der Waals surface area contributed by atoms with E-state index in [1.807, 2.05) is 18.7 Å². The normalized spacial score (nSPS) is 13.2. The van der Waals surface area contributed by atoms with Crippen LogP contribution in [0.4, 0.5) is 0 Å². The summed E-state index contributed by atoms with van der Waals surface area (Å²) in [5.41, 5.74) is 1.96. The summed E-state index contributed by atoms with van der Waals surface area (Å²) in [5, 5.41) is 11.4. The Hall–Kier alpha value is -0.910. The van der Waals surface area contributed by atoms with Gasteiger partial charge in [-0.05, 0) is 27.8 Å². The Morgan fingerprint density at radius 2 is 2.17 bits per heavy atom. The van der Waals surface area contributed by atoms with Crippen LogP contribution in [0.1, 0.15) is 42.3 Å². The van der Waals surface area contributed by atoms with Crippen LogP contribution in [0.5, 0.6) is 0 Å². The second kappa shape index (κ2) is 5.38. The quantitative estimate of drug-likeness (QED) is 0.938. The van der Waals surface area contributed by atoms with E-state index in [0.717, 1.165) is 16.4 Å². The number of nitrogens with one attached hydrogen (secondary N) is 1. The lowest BCUT2D eigenvalue weighted by Gasteiger charge is -2.19. The second-order valence-corrected chi connectivity index (χ2v) is 5.90. The maximum absolute atomic E-state index is 6.27. The summed E-state index contributed by atoms with van der Waals surface area (Å²) < 4.78 is 1.94. The molecule has 2 rings (SSSR count). The maximum atomic E-state index is 6.27. The molecule has 4 nitrogen and oxygen atoms in total. The molecule has 18 heavy (non-hydrogen) atoms. The number of aromatic nitrogens is 3. The Morgan fingerprint density at radius 1 is 1.44 bits per heavy atom. The summed E-state index contributed by atoms with van der Waals surface area (Å²) in [6.45, 7) is 6.18. The van der Waals surface area contributed by atoms with Crippen molar-refractivity contribution in [3.8, 4) is 0 Å². The van der Waals surface area contributed by atoms with Gasteiger partial charge in [0.1, 0.15) is 0 Å². The average molecular weight is 285 g/mol. The van der Waals surface area contributed by atoms with Gasteiger partial charge in [-0.15, -0.1) is 11.3 Å². The third-order valence-corrected chi connectivity index (χ3v) is 3.85. The van der Waals surface area contributed by atoms with Crippen LogP contribution in [0.3, 0.4) is 0 Å². The highest BCUT2D eigenvalue weighted by Gasteiger charge is 2.23. The van der Waals surface area contributed by atoms with Crippen molar-refractivity contribution in [1.82, 2.24) is 20.1 Å². The van der Waals surface area contributed by atoms with Crippen molar-refractivity contribution < 1.29 is 0 Å². The van der Waals surface area contributed by atoms with Crippen LogP contribution < -0.4 is 5.32 Å². The number of hydrogen-bond acceptors (Lipinski definition) is 4. The van der Waals surface area contributed by atoms with Crippen molar-refractivity contribution in [1.29, 1.82) is 0 Å². The van der Waals surface area contributed by atoms with E-state index in [1.165, 1.54) is 0 Å². The summed E-state index contributed by atoms with van der Waals surface area (Å²) in [4.78, 5) is 4.54. The van der Waals surface area contributed by atoms with Gasteiger partial charge in [-0.2, -0.15) is 5.10 Å². The summed E-state index contributed by atoms with van der Waals surface area (Å²) in [7, 11) is 1.91. The maximum Gasteiger partial charge on any atom is 0.0943 e. The summed E-state index contributed by atoms with van der Waals surface area (Å²) in [6.07, 6.45) is 1.69. The first kappa shape index (κ1) is 13.5. The fourth-order valence-corrected chi connectivity index (χ4v) is 2.85. The molecule has 0 radical (unpaired) electrons. The zero-order valence-electron chi connectivity index (χ0n) is 10.9.